The summed E-state index contributed by atoms with van der Waals surface area (Å²) >= 11 is 0. The van der Waals surface area contributed by atoms with Crippen LogP contribution in [-0.4, -0.2) is 18.5 Å². The standard InChI is InChI=1S/C9H18N2O/c1-4-5-9(12)11-6-8(10)7(2)3/h4-5,7-8H,6,10H2,1-3H3,(H,11,12). The minimum absolute atomic E-state index is 0.0409. The normalized spacial score (nSPS) is 13.8. The van der Waals surface area contributed by atoms with Crippen molar-refractivity contribution in [3.8, 4) is 0 Å². The Morgan fingerprint density at radius 2 is 2.17 bits per heavy atom. The lowest BCUT2D eigenvalue weighted by molar-refractivity contribution is -0.116. The first kappa shape index (κ1) is 11.2. The van der Waals surface area contributed by atoms with E-state index < -0.39 is 0 Å². The van der Waals surface area contributed by atoms with Crippen molar-refractivity contribution in [2.75, 3.05) is 6.54 Å². The molecule has 0 rings (SSSR count). The molecule has 0 radical (unpaired) electrons. The Kier molecular flexibility index (Phi) is 5.37. The van der Waals surface area contributed by atoms with Crippen LogP contribution in [0.2, 0.25) is 0 Å². The Labute approximate surface area is 74.0 Å². The quantitative estimate of drug-likeness (QED) is 0.609. The fourth-order valence-electron chi connectivity index (χ4n) is 0.664. The van der Waals surface area contributed by atoms with Gasteiger partial charge < -0.3 is 11.1 Å². The summed E-state index contributed by atoms with van der Waals surface area (Å²) in [5.41, 5.74) is 5.72. The molecule has 0 aliphatic heterocycles. The molecule has 0 spiro atoms. The summed E-state index contributed by atoms with van der Waals surface area (Å²) < 4.78 is 0. The SMILES string of the molecule is CC=CC(=O)NCC(N)C(C)C. The average molecular weight is 170 g/mol. The summed E-state index contributed by atoms with van der Waals surface area (Å²) in [6.07, 6.45) is 3.20. The van der Waals surface area contributed by atoms with E-state index in [4.69, 9.17) is 5.73 Å². The Balaban J connectivity index is 3.61. The smallest absolute Gasteiger partial charge is 0.243 e. The Hall–Kier alpha value is -0.830. The molecule has 0 aromatic rings. The van der Waals surface area contributed by atoms with Gasteiger partial charge in [0.1, 0.15) is 0 Å². The summed E-state index contributed by atoms with van der Waals surface area (Å²) in [4.78, 5) is 10.9. The molecule has 0 heterocycles. The van der Waals surface area contributed by atoms with Gasteiger partial charge in [-0.15, -0.1) is 0 Å². The van der Waals surface area contributed by atoms with Gasteiger partial charge >= 0.3 is 0 Å². The maximum atomic E-state index is 10.9. The third-order valence-corrected chi connectivity index (χ3v) is 1.69. The van der Waals surface area contributed by atoms with Gasteiger partial charge in [-0.2, -0.15) is 0 Å². The number of hydrogen-bond acceptors (Lipinski definition) is 2. The van der Waals surface area contributed by atoms with Crippen LogP contribution in [0.15, 0.2) is 12.2 Å². The van der Waals surface area contributed by atoms with Crippen molar-refractivity contribution < 1.29 is 4.79 Å². The second kappa shape index (κ2) is 5.77. The van der Waals surface area contributed by atoms with Gasteiger partial charge in [-0.25, -0.2) is 0 Å². The molecule has 0 bridgehead atoms. The first-order chi connectivity index (χ1) is 5.57. The first-order valence-corrected chi connectivity index (χ1v) is 4.24. The van der Waals surface area contributed by atoms with E-state index in [1.54, 1.807) is 6.08 Å². The lowest BCUT2D eigenvalue weighted by atomic mass is 10.1. The van der Waals surface area contributed by atoms with Gasteiger partial charge in [0.25, 0.3) is 0 Å². The number of carbonyl (C=O) groups is 1. The maximum Gasteiger partial charge on any atom is 0.243 e. The fourth-order valence-corrected chi connectivity index (χ4v) is 0.664. The molecule has 0 aliphatic rings. The van der Waals surface area contributed by atoms with E-state index in [2.05, 4.69) is 5.32 Å². The highest BCUT2D eigenvalue weighted by Gasteiger charge is 2.07. The number of carbonyl (C=O) groups excluding carboxylic acids is 1. The van der Waals surface area contributed by atoms with E-state index in [9.17, 15) is 4.79 Å². The van der Waals surface area contributed by atoms with E-state index in [1.807, 2.05) is 20.8 Å². The van der Waals surface area contributed by atoms with Crippen molar-refractivity contribution in [1.82, 2.24) is 5.32 Å². The lowest BCUT2D eigenvalue weighted by Gasteiger charge is -2.15. The van der Waals surface area contributed by atoms with Crippen LogP contribution in [0.25, 0.3) is 0 Å². The second-order valence-electron chi connectivity index (χ2n) is 3.15. The van der Waals surface area contributed by atoms with Gasteiger partial charge in [0.2, 0.25) is 5.91 Å². The topological polar surface area (TPSA) is 55.1 Å². The minimum Gasteiger partial charge on any atom is -0.351 e. The van der Waals surface area contributed by atoms with Gasteiger partial charge in [0.15, 0.2) is 0 Å². The van der Waals surface area contributed by atoms with Crippen molar-refractivity contribution in [3.63, 3.8) is 0 Å². The number of hydrogen-bond donors (Lipinski definition) is 2. The largest absolute Gasteiger partial charge is 0.351 e. The molecule has 3 heteroatoms. The van der Waals surface area contributed by atoms with E-state index in [0.717, 1.165) is 0 Å². The molecule has 0 aliphatic carbocycles. The molecule has 0 fully saturated rings. The van der Waals surface area contributed by atoms with Crippen LogP contribution in [0, 0.1) is 5.92 Å². The van der Waals surface area contributed by atoms with Crippen LogP contribution >= 0.6 is 0 Å². The highest BCUT2D eigenvalue weighted by atomic mass is 16.1. The van der Waals surface area contributed by atoms with E-state index >= 15 is 0 Å². The zero-order valence-corrected chi connectivity index (χ0v) is 8.00. The van der Waals surface area contributed by atoms with Crippen molar-refractivity contribution in [2.24, 2.45) is 11.7 Å². The number of nitrogens with two attached hydrogens (primary N) is 1. The maximum absolute atomic E-state index is 10.9. The fraction of sp³-hybridized carbons (Fsp3) is 0.667. The first-order valence-electron chi connectivity index (χ1n) is 4.24. The summed E-state index contributed by atoms with van der Waals surface area (Å²) in [5, 5.41) is 2.71. The number of rotatable bonds is 4. The molecule has 3 nitrogen and oxygen atoms in total. The predicted octanol–water partition coefficient (Wildman–Crippen LogP) is 0.662. The molecule has 1 unspecified atom stereocenters. The third kappa shape index (κ3) is 4.91. The van der Waals surface area contributed by atoms with Gasteiger partial charge in [-0.1, -0.05) is 19.9 Å². The second-order valence-corrected chi connectivity index (χ2v) is 3.15. The van der Waals surface area contributed by atoms with Crippen molar-refractivity contribution in [2.45, 2.75) is 26.8 Å². The zero-order valence-electron chi connectivity index (χ0n) is 8.00. The number of nitrogens with one attached hydrogen (secondary N) is 1. The minimum atomic E-state index is -0.0754. The van der Waals surface area contributed by atoms with Crippen LogP contribution in [0.5, 0.6) is 0 Å². The van der Waals surface area contributed by atoms with Crippen molar-refractivity contribution >= 4 is 5.91 Å². The predicted molar refractivity (Wildman–Crippen MR) is 50.6 cm³/mol. The van der Waals surface area contributed by atoms with Crippen molar-refractivity contribution in [1.29, 1.82) is 0 Å². The monoisotopic (exact) mass is 170 g/mol. The molecule has 1 amide bonds. The molecule has 0 saturated carbocycles. The highest BCUT2D eigenvalue weighted by molar-refractivity contribution is 5.87. The Morgan fingerprint density at radius 3 is 2.58 bits per heavy atom. The van der Waals surface area contributed by atoms with Crippen LogP contribution in [0.4, 0.5) is 0 Å². The molecule has 12 heavy (non-hydrogen) atoms. The molecule has 0 saturated heterocycles. The van der Waals surface area contributed by atoms with Crippen LogP contribution < -0.4 is 11.1 Å². The zero-order chi connectivity index (χ0) is 9.56. The molecule has 70 valence electrons. The van der Waals surface area contributed by atoms with E-state index in [-0.39, 0.29) is 11.9 Å². The molecule has 0 aromatic carbocycles. The third-order valence-electron chi connectivity index (χ3n) is 1.69. The van der Waals surface area contributed by atoms with Gasteiger partial charge in [-0.3, -0.25) is 4.79 Å². The van der Waals surface area contributed by atoms with Crippen LogP contribution in [0.1, 0.15) is 20.8 Å². The molecular weight excluding hydrogens is 152 g/mol. The summed E-state index contributed by atoms with van der Waals surface area (Å²) in [7, 11) is 0. The Morgan fingerprint density at radius 1 is 1.58 bits per heavy atom. The highest BCUT2D eigenvalue weighted by Crippen LogP contribution is 1.95. The van der Waals surface area contributed by atoms with E-state index in [0.29, 0.717) is 12.5 Å². The van der Waals surface area contributed by atoms with E-state index in [1.165, 1.54) is 6.08 Å². The molecule has 0 aromatic heterocycles. The molecule has 3 N–H and O–H groups in total. The molecule has 1 atom stereocenters. The van der Waals surface area contributed by atoms with Crippen LogP contribution in [0.3, 0.4) is 0 Å². The summed E-state index contributed by atoms with van der Waals surface area (Å²) in [6.45, 7) is 6.42. The summed E-state index contributed by atoms with van der Waals surface area (Å²) in [5.74, 6) is 0.324. The molecular formula is C9H18N2O. The lowest BCUT2D eigenvalue weighted by Crippen LogP contribution is -2.39. The number of allylic oxidation sites excluding steroid dienone is 1. The van der Waals surface area contributed by atoms with Gasteiger partial charge in [0.05, 0.1) is 0 Å². The van der Waals surface area contributed by atoms with Crippen molar-refractivity contribution in [3.05, 3.63) is 12.2 Å². The number of amides is 1. The Bertz CT molecular complexity index is 164. The van der Waals surface area contributed by atoms with Gasteiger partial charge in [-0.05, 0) is 18.9 Å². The van der Waals surface area contributed by atoms with Gasteiger partial charge in [0, 0.05) is 12.6 Å². The average Bonchev–Trinajstić information content (AvgIpc) is 2.00. The summed E-state index contributed by atoms with van der Waals surface area (Å²) in [6, 6.07) is 0.0409. The van der Waals surface area contributed by atoms with Crippen LogP contribution in [-0.2, 0) is 4.79 Å².